The average Bonchev–Trinajstić information content (AvgIpc) is 2.22. The highest BCUT2D eigenvalue weighted by Gasteiger charge is 2.40. The first-order chi connectivity index (χ1) is 8.27. The molecule has 5 nitrogen and oxygen atoms in total. The number of β-amino-alcohol motifs (C(OH)–C–C–N with tert-alkyl or cyclic N) is 1. The Morgan fingerprint density at radius 1 is 1.39 bits per heavy atom. The summed E-state index contributed by atoms with van der Waals surface area (Å²) < 4.78 is 0. The Bertz CT molecular complexity index is 322. The Morgan fingerprint density at radius 2 is 1.94 bits per heavy atom. The van der Waals surface area contributed by atoms with Gasteiger partial charge in [-0.1, -0.05) is 20.8 Å². The molecule has 18 heavy (non-hydrogen) atoms. The third kappa shape index (κ3) is 3.78. The molecule has 2 N–H and O–H groups in total. The molecule has 0 aromatic heterocycles. The first-order valence-corrected chi connectivity index (χ1v) is 6.52. The molecule has 1 unspecified atom stereocenters. The van der Waals surface area contributed by atoms with Gasteiger partial charge in [-0.2, -0.15) is 0 Å². The highest BCUT2D eigenvalue weighted by atomic mass is 16.3. The third-order valence-electron chi connectivity index (χ3n) is 3.48. The van der Waals surface area contributed by atoms with Crippen LogP contribution in [-0.2, 0) is 9.59 Å². The smallest absolute Gasteiger partial charge is 0.234 e. The lowest BCUT2D eigenvalue weighted by Crippen LogP contribution is -2.63. The number of carbonyl (C=O) groups is 2. The Kier molecular flexibility index (Phi) is 4.87. The van der Waals surface area contributed by atoms with Crippen LogP contribution in [0.3, 0.4) is 0 Å². The number of carbonyl (C=O) groups excluding carboxylic acids is 2. The molecule has 1 rings (SSSR count). The summed E-state index contributed by atoms with van der Waals surface area (Å²) in [6.07, 6.45) is 0.702. The van der Waals surface area contributed by atoms with E-state index in [9.17, 15) is 14.7 Å². The fourth-order valence-electron chi connectivity index (χ4n) is 2.28. The topological polar surface area (TPSA) is 69.6 Å². The first-order valence-electron chi connectivity index (χ1n) is 6.52. The minimum atomic E-state index is -0.627. The normalized spacial score (nSPS) is 20.3. The summed E-state index contributed by atoms with van der Waals surface area (Å²) in [5.74, 6) is -0.0792. The fraction of sp³-hybridized carbons (Fsp3) is 0.846. The molecule has 1 aliphatic heterocycles. The third-order valence-corrected chi connectivity index (χ3v) is 3.48. The average molecular weight is 256 g/mol. The molecule has 1 atom stereocenters. The lowest BCUT2D eigenvalue weighted by molar-refractivity contribution is -0.136. The molecular weight excluding hydrogens is 232 g/mol. The number of ketones is 1. The summed E-state index contributed by atoms with van der Waals surface area (Å²) in [6.45, 7) is 8.55. The van der Waals surface area contributed by atoms with Gasteiger partial charge in [0.15, 0.2) is 5.78 Å². The van der Waals surface area contributed by atoms with Crippen LogP contribution in [-0.4, -0.2) is 53.0 Å². The van der Waals surface area contributed by atoms with Crippen LogP contribution in [0.25, 0.3) is 0 Å². The molecule has 0 spiro atoms. The van der Waals surface area contributed by atoms with Gasteiger partial charge in [0.1, 0.15) is 0 Å². The molecule has 0 bridgehead atoms. The van der Waals surface area contributed by atoms with E-state index >= 15 is 0 Å². The number of hydrogen-bond donors (Lipinski definition) is 2. The van der Waals surface area contributed by atoms with Crippen molar-refractivity contribution in [3.8, 4) is 0 Å². The van der Waals surface area contributed by atoms with Crippen molar-refractivity contribution in [3.63, 3.8) is 0 Å². The van der Waals surface area contributed by atoms with Gasteiger partial charge in [-0.15, -0.1) is 0 Å². The number of aliphatic hydroxyl groups is 1. The van der Waals surface area contributed by atoms with E-state index in [1.165, 1.54) is 6.92 Å². The van der Waals surface area contributed by atoms with Gasteiger partial charge >= 0.3 is 0 Å². The molecule has 5 heteroatoms. The second kappa shape index (κ2) is 5.80. The number of hydrogen-bond acceptors (Lipinski definition) is 4. The van der Waals surface area contributed by atoms with Crippen LogP contribution in [0, 0.1) is 5.92 Å². The Morgan fingerprint density at radius 3 is 2.33 bits per heavy atom. The summed E-state index contributed by atoms with van der Waals surface area (Å²) >= 11 is 0. The molecule has 1 fully saturated rings. The zero-order chi connectivity index (χ0) is 13.9. The SMILES string of the molecule is CCC1(O)CN(CC(=O)NC(C(C)=O)C(C)C)C1. The minimum Gasteiger partial charge on any atom is -0.387 e. The van der Waals surface area contributed by atoms with E-state index in [0.717, 1.165) is 0 Å². The van der Waals surface area contributed by atoms with Crippen molar-refractivity contribution in [1.29, 1.82) is 0 Å². The van der Waals surface area contributed by atoms with Crippen molar-refractivity contribution in [2.45, 2.75) is 45.8 Å². The molecule has 104 valence electrons. The van der Waals surface area contributed by atoms with Gasteiger partial charge in [0, 0.05) is 13.1 Å². The van der Waals surface area contributed by atoms with Crippen molar-refractivity contribution >= 4 is 11.7 Å². The van der Waals surface area contributed by atoms with E-state index in [1.54, 1.807) is 0 Å². The first kappa shape index (κ1) is 15.1. The fourth-order valence-corrected chi connectivity index (χ4v) is 2.28. The molecule has 0 aromatic carbocycles. The summed E-state index contributed by atoms with van der Waals surface area (Å²) in [6, 6.07) is -0.413. The molecule has 1 saturated heterocycles. The Balaban J connectivity index is 2.37. The monoisotopic (exact) mass is 256 g/mol. The summed E-state index contributed by atoms with van der Waals surface area (Å²) in [7, 11) is 0. The molecule has 1 aliphatic rings. The van der Waals surface area contributed by atoms with Crippen LogP contribution in [0.2, 0.25) is 0 Å². The Hall–Kier alpha value is -0.940. The quantitative estimate of drug-likeness (QED) is 0.711. The van der Waals surface area contributed by atoms with Crippen LogP contribution in [0.5, 0.6) is 0 Å². The van der Waals surface area contributed by atoms with E-state index in [1.807, 2.05) is 25.7 Å². The van der Waals surface area contributed by atoms with Gasteiger partial charge in [-0.3, -0.25) is 14.5 Å². The van der Waals surface area contributed by atoms with Crippen LogP contribution in [0.4, 0.5) is 0 Å². The largest absolute Gasteiger partial charge is 0.387 e. The van der Waals surface area contributed by atoms with Crippen LogP contribution >= 0.6 is 0 Å². The zero-order valence-electron chi connectivity index (χ0n) is 11.7. The van der Waals surface area contributed by atoms with Crippen molar-refractivity contribution in [2.24, 2.45) is 5.92 Å². The van der Waals surface area contributed by atoms with Crippen molar-refractivity contribution in [2.75, 3.05) is 19.6 Å². The number of nitrogens with zero attached hydrogens (tertiary/aromatic N) is 1. The zero-order valence-corrected chi connectivity index (χ0v) is 11.7. The van der Waals surface area contributed by atoms with Crippen LogP contribution in [0.1, 0.15) is 34.1 Å². The number of amides is 1. The summed E-state index contributed by atoms with van der Waals surface area (Å²) in [5.41, 5.74) is -0.627. The lowest BCUT2D eigenvalue weighted by atomic mass is 9.91. The van der Waals surface area contributed by atoms with Crippen molar-refractivity contribution in [1.82, 2.24) is 10.2 Å². The number of Topliss-reactive ketones (excluding diaryl/α,β-unsaturated/α-hetero) is 1. The maximum absolute atomic E-state index is 11.8. The van der Waals surface area contributed by atoms with Gasteiger partial charge in [0.25, 0.3) is 0 Å². The van der Waals surface area contributed by atoms with Gasteiger partial charge in [-0.05, 0) is 19.3 Å². The summed E-state index contributed by atoms with van der Waals surface area (Å²) in [5, 5.41) is 12.6. The lowest BCUT2D eigenvalue weighted by Gasteiger charge is -2.45. The van der Waals surface area contributed by atoms with E-state index in [2.05, 4.69) is 5.32 Å². The van der Waals surface area contributed by atoms with Crippen LogP contribution < -0.4 is 5.32 Å². The van der Waals surface area contributed by atoms with Gasteiger partial charge in [0.05, 0.1) is 18.2 Å². The summed E-state index contributed by atoms with van der Waals surface area (Å²) in [4.78, 5) is 25.0. The van der Waals surface area contributed by atoms with Crippen molar-refractivity contribution in [3.05, 3.63) is 0 Å². The molecular formula is C13H24N2O3. The maximum atomic E-state index is 11.8. The molecule has 1 amide bonds. The molecule has 0 radical (unpaired) electrons. The maximum Gasteiger partial charge on any atom is 0.234 e. The molecule has 0 aliphatic carbocycles. The van der Waals surface area contributed by atoms with Crippen molar-refractivity contribution < 1.29 is 14.7 Å². The molecule has 1 heterocycles. The van der Waals surface area contributed by atoms with E-state index < -0.39 is 11.6 Å². The van der Waals surface area contributed by atoms with Crippen LogP contribution in [0.15, 0.2) is 0 Å². The highest BCUT2D eigenvalue weighted by Crippen LogP contribution is 2.23. The predicted molar refractivity (Wildman–Crippen MR) is 69.1 cm³/mol. The second-order valence-electron chi connectivity index (χ2n) is 5.62. The van der Waals surface area contributed by atoms with E-state index in [0.29, 0.717) is 19.5 Å². The molecule has 0 saturated carbocycles. The molecule has 0 aromatic rings. The highest BCUT2D eigenvalue weighted by molar-refractivity contribution is 5.88. The van der Waals surface area contributed by atoms with Gasteiger partial charge in [-0.25, -0.2) is 0 Å². The number of rotatable bonds is 6. The number of likely N-dealkylation sites (tertiary alicyclic amines) is 1. The van der Waals surface area contributed by atoms with E-state index in [-0.39, 0.29) is 24.2 Å². The number of nitrogens with one attached hydrogen (secondary N) is 1. The standard InChI is InChI=1S/C13H24N2O3/c1-5-13(18)7-15(8-13)6-11(17)14-12(9(2)3)10(4)16/h9,12,18H,5-8H2,1-4H3,(H,14,17). The van der Waals surface area contributed by atoms with Gasteiger partial charge < -0.3 is 10.4 Å². The predicted octanol–water partition coefficient (Wildman–Crippen LogP) is 0.173. The second-order valence-corrected chi connectivity index (χ2v) is 5.62. The Labute approximate surface area is 109 Å². The van der Waals surface area contributed by atoms with Gasteiger partial charge in [0.2, 0.25) is 5.91 Å². The van der Waals surface area contributed by atoms with E-state index in [4.69, 9.17) is 0 Å². The minimum absolute atomic E-state index is 0.0213.